The zero-order valence-corrected chi connectivity index (χ0v) is 11.5. The molecule has 20 heavy (non-hydrogen) atoms. The predicted molar refractivity (Wildman–Crippen MR) is 72.0 cm³/mol. The van der Waals surface area contributed by atoms with Gasteiger partial charge in [-0.05, 0) is 36.1 Å². The van der Waals surface area contributed by atoms with Gasteiger partial charge in [-0.25, -0.2) is 8.78 Å². The lowest BCUT2D eigenvalue weighted by Crippen LogP contribution is -2.41. The quantitative estimate of drug-likeness (QED) is 0.881. The summed E-state index contributed by atoms with van der Waals surface area (Å²) in [5.74, 6) is -3.14. The summed E-state index contributed by atoms with van der Waals surface area (Å²) >= 11 is 5.93. The lowest BCUT2D eigenvalue weighted by Gasteiger charge is -2.17. The average molecular weight is 301 g/mol. The van der Waals surface area contributed by atoms with E-state index >= 15 is 0 Å². The minimum absolute atomic E-state index is 0.106. The van der Waals surface area contributed by atoms with Crippen LogP contribution in [0.1, 0.15) is 30.0 Å². The lowest BCUT2D eigenvalue weighted by atomic mass is 10.1. The van der Waals surface area contributed by atoms with Crippen molar-refractivity contribution in [2.75, 3.05) is 6.54 Å². The van der Waals surface area contributed by atoms with Crippen molar-refractivity contribution in [3.8, 4) is 0 Å². The molecule has 2 aliphatic rings. The number of halogens is 3. The summed E-state index contributed by atoms with van der Waals surface area (Å²) in [5.41, 5.74) is 2.15. The Labute approximate surface area is 120 Å². The number of aryl methyl sites for hydroxylation is 1. The van der Waals surface area contributed by atoms with Crippen LogP contribution < -0.4 is 10.6 Å². The molecule has 3 rings (SSSR count). The fourth-order valence-electron chi connectivity index (χ4n) is 2.91. The van der Waals surface area contributed by atoms with Gasteiger partial charge < -0.3 is 5.32 Å². The molecule has 6 heteroatoms. The Bertz CT molecular complexity index is 550. The maximum absolute atomic E-state index is 13.1. The number of benzene rings is 1. The fourth-order valence-corrected chi connectivity index (χ4v) is 3.10. The SMILES string of the molecule is O=C(NC1CCc2cc(Cl)ccc21)C1CC(F)(F)CN1. The number of fused-ring (bicyclic) bond motifs is 1. The molecule has 1 saturated heterocycles. The highest BCUT2D eigenvalue weighted by Gasteiger charge is 2.42. The standard InChI is InChI=1S/C14H15ClF2N2O/c15-9-2-3-10-8(5-9)1-4-11(10)19-13(20)12-6-14(16,17)7-18-12/h2-3,5,11-12,18H,1,4,6-7H2,(H,19,20). The smallest absolute Gasteiger partial charge is 0.262 e. The molecule has 2 N–H and O–H groups in total. The number of nitrogens with one attached hydrogen (secondary N) is 2. The van der Waals surface area contributed by atoms with E-state index in [1.807, 2.05) is 12.1 Å². The molecule has 1 amide bonds. The van der Waals surface area contributed by atoms with Gasteiger partial charge in [-0.3, -0.25) is 10.1 Å². The number of amides is 1. The van der Waals surface area contributed by atoms with E-state index in [1.165, 1.54) is 0 Å². The van der Waals surface area contributed by atoms with Crippen LogP contribution in [-0.2, 0) is 11.2 Å². The first kappa shape index (κ1) is 13.8. The van der Waals surface area contributed by atoms with Crippen LogP contribution in [0.2, 0.25) is 5.02 Å². The number of alkyl halides is 2. The first-order valence-corrected chi connectivity index (χ1v) is 7.02. The van der Waals surface area contributed by atoms with Gasteiger partial charge in [0.15, 0.2) is 0 Å². The average Bonchev–Trinajstić information content (AvgIpc) is 2.93. The van der Waals surface area contributed by atoms with Crippen LogP contribution in [0.5, 0.6) is 0 Å². The maximum Gasteiger partial charge on any atom is 0.262 e. The summed E-state index contributed by atoms with van der Waals surface area (Å²) in [5, 5.41) is 6.10. The molecule has 0 aromatic heterocycles. The van der Waals surface area contributed by atoms with Crippen molar-refractivity contribution in [1.82, 2.24) is 10.6 Å². The molecule has 2 unspecified atom stereocenters. The second kappa shape index (κ2) is 4.97. The van der Waals surface area contributed by atoms with E-state index in [2.05, 4.69) is 10.6 Å². The van der Waals surface area contributed by atoms with E-state index < -0.39 is 24.9 Å². The summed E-state index contributed by atoms with van der Waals surface area (Å²) in [4.78, 5) is 12.0. The molecule has 1 aromatic carbocycles. The van der Waals surface area contributed by atoms with E-state index in [1.54, 1.807) is 6.07 Å². The molecule has 108 valence electrons. The molecule has 0 radical (unpaired) electrons. The second-order valence-corrected chi connectivity index (χ2v) is 5.87. The van der Waals surface area contributed by atoms with E-state index in [-0.39, 0.29) is 11.9 Å². The minimum Gasteiger partial charge on any atom is -0.348 e. The predicted octanol–water partition coefficient (Wildman–Crippen LogP) is 2.44. The Morgan fingerprint density at radius 3 is 2.95 bits per heavy atom. The monoisotopic (exact) mass is 300 g/mol. The second-order valence-electron chi connectivity index (χ2n) is 5.44. The molecule has 3 nitrogen and oxygen atoms in total. The first-order chi connectivity index (χ1) is 9.44. The van der Waals surface area contributed by atoms with Gasteiger partial charge in [0.2, 0.25) is 5.91 Å². The number of carbonyl (C=O) groups is 1. The molecule has 2 atom stereocenters. The third-order valence-electron chi connectivity index (χ3n) is 3.93. The molecule has 1 aromatic rings. The summed E-state index contributed by atoms with van der Waals surface area (Å²) in [6.07, 6.45) is 1.19. The van der Waals surface area contributed by atoms with Crippen LogP contribution >= 0.6 is 11.6 Å². The van der Waals surface area contributed by atoms with Crippen LogP contribution in [0.15, 0.2) is 18.2 Å². The fraction of sp³-hybridized carbons (Fsp3) is 0.500. The minimum atomic E-state index is -2.79. The zero-order valence-electron chi connectivity index (χ0n) is 10.8. The Balaban J connectivity index is 1.67. The number of rotatable bonds is 2. The van der Waals surface area contributed by atoms with Crippen molar-refractivity contribution in [3.05, 3.63) is 34.3 Å². The van der Waals surface area contributed by atoms with Crippen LogP contribution in [0.3, 0.4) is 0 Å². The van der Waals surface area contributed by atoms with Crippen molar-refractivity contribution < 1.29 is 13.6 Å². The van der Waals surface area contributed by atoms with Gasteiger partial charge in [0.25, 0.3) is 5.92 Å². The van der Waals surface area contributed by atoms with Gasteiger partial charge in [0.05, 0.1) is 18.6 Å². The molecule has 0 bridgehead atoms. The van der Waals surface area contributed by atoms with Gasteiger partial charge in [0.1, 0.15) is 0 Å². The summed E-state index contributed by atoms with van der Waals surface area (Å²) in [7, 11) is 0. The van der Waals surface area contributed by atoms with Crippen LogP contribution in [0.25, 0.3) is 0 Å². The molecular formula is C14H15ClF2N2O. The van der Waals surface area contributed by atoms with Crippen molar-refractivity contribution in [2.24, 2.45) is 0 Å². The molecule has 1 heterocycles. The normalized spacial score (nSPS) is 27.4. The van der Waals surface area contributed by atoms with Gasteiger partial charge in [0, 0.05) is 11.4 Å². The van der Waals surface area contributed by atoms with Crippen molar-refractivity contribution >= 4 is 17.5 Å². The summed E-state index contributed by atoms with van der Waals surface area (Å²) in [6.45, 7) is -0.429. The Morgan fingerprint density at radius 2 is 2.25 bits per heavy atom. The third-order valence-corrected chi connectivity index (χ3v) is 4.16. The van der Waals surface area contributed by atoms with Crippen LogP contribution in [0.4, 0.5) is 8.78 Å². The highest BCUT2D eigenvalue weighted by molar-refractivity contribution is 6.30. The molecular weight excluding hydrogens is 286 g/mol. The molecule has 0 saturated carbocycles. The lowest BCUT2D eigenvalue weighted by molar-refractivity contribution is -0.124. The topological polar surface area (TPSA) is 41.1 Å². The summed E-state index contributed by atoms with van der Waals surface area (Å²) < 4.78 is 26.2. The zero-order chi connectivity index (χ0) is 14.3. The van der Waals surface area contributed by atoms with Crippen molar-refractivity contribution in [2.45, 2.75) is 37.3 Å². The largest absolute Gasteiger partial charge is 0.348 e. The van der Waals surface area contributed by atoms with Gasteiger partial charge in [-0.1, -0.05) is 17.7 Å². The van der Waals surface area contributed by atoms with Crippen LogP contribution in [-0.4, -0.2) is 24.4 Å². The van der Waals surface area contributed by atoms with Crippen molar-refractivity contribution in [3.63, 3.8) is 0 Å². The van der Waals surface area contributed by atoms with E-state index in [0.29, 0.717) is 5.02 Å². The van der Waals surface area contributed by atoms with Gasteiger partial charge in [-0.15, -0.1) is 0 Å². The maximum atomic E-state index is 13.1. The van der Waals surface area contributed by atoms with E-state index in [9.17, 15) is 13.6 Å². The highest BCUT2D eigenvalue weighted by Crippen LogP contribution is 2.33. The Morgan fingerprint density at radius 1 is 1.45 bits per heavy atom. The first-order valence-electron chi connectivity index (χ1n) is 6.64. The molecule has 0 spiro atoms. The molecule has 1 aliphatic heterocycles. The third kappa shape index (κ3) is 2.65. The Kier molecular flexibility index (Phi) is 3.42. The van der Waals surface area contributed by atoms with Crippen molar-refractivity contribution in [1.29, 1.82) is 0 Å². The summed E-state index contributed by atoms with van der Waals surface area (Å²) in [6, 6.07) is 4.66. The van der Waals surface area contributed by atoms with E-state index in [0.717, 1.165) is 24.0 Å². The number of hydrogen-bond acceptors (Lipinski definition) is 2. The number of carbonyl (C=O) groups excluding carboxylic acids is 1. The van der Waals surface area contributed by atoms with E-state index in [4.69, 9.17) is 11.6 Å². The Hall–Kier alpha value is -1.20. The van der Waals surface area contributed by atoms with Gasteiger partial charge >= 0.3 is 0 Å². The van der Waals surface area contributed by atoms with Crippen LogP contribution in [0, 0.1) is 0 Å². The molecule has 1 fully saturated rings. The van der Waals surface area contributed by atoms with Gasteiger partial charge in [-0.2, -0.15) is 0 Å². The molecule has 1 aliphatic carbocycles. The number of hydrogen-bond donors (Lipinski definition) is 2. The highest BCUT2D eigenvalue weighted by atomic mass is 35.5.